The van der Waals surface area contributed by atoms with E-state index in [9.17, 15) is 0 Å². The van der Waals surface area contributed by atoms with E-state index in [-0.39, 0.29) is 5.11 Å². The highest BCUT2D eigenvalue weighted by molar-refractivity contribution is 7.80. The maximum absolute atomic E-state index is 5.23. The molecule has 0 heterocycles. The Balaban J connectivity index is 3.55. The number of thiocarbonyl (C=S) groups is 1. The first-order valence-electron chi connectivity index (χ1n) is 2.94. The van der Waals surface area contributed by atoms with E-state index in [0.29, 0.717) is 6.54 Å². The zero-order valence-electron chi connectivity index (χ0n) is 5.95. The molecule has 0 aromatic rings. The van der Waals surface area contributed by atoms with Crippen molar-refractivity contribution in [1.82, 2.24) is 5.01 Å². The van der Waals surface area contributed by atoms with Gasteiger partial charge in [0.25, 0.3) is 0 Å². The minimum absolute atomic E-state index is 0.258. The van der Waals surface area contributed by atoms with Gasteiger partial charge in [0.15, 0.2) is 5.11 Å². The summed E-state index contributed by atoms with van der Waals surface area (Å²) in [6.07, 6.45) is 2.42. The first kappa shape index (κ1) is 9.32. The highest BCUT2D eigenvalue weighted by Crippen LogP contribution is 1.81. The van der Waals surface area contributed by atoms with Gasteiger partial charge < -0.3 is 11.5 Å². The predicted molar refractivity (Wildman–Crippen MR) is 46.7 cm³/mol. The molecule has 0 aliphatic rings. The van der Waals surface area contributed by atoms with E-state index in [1.165, 1.54) is 5.01 Å². The highest BCUT2D eigenvalue weighted by Gasteiger charge is 1.90. The fourth-order valence-electron chi connectivity index (χ4n) is 0.312. The summed E-state index contributed by atoms with van der Waals surface area (Å²) in [4.78, 5) is 0. The van der Waals surface area contributed by atoms with Crippen molar-refractivity contribution < 1.29 is 0 Å². The maximum atomic E-state index is 5.23. The second-order valence-corrected chi connectivity index (χ2v) is 2.16. The van der Waals surface area contributed by atoms with E-state index in [0.717, 1.165) is 6.42 Å². The van der Waals surface area contributed by atoms with Crippen molar-refractivity contribution in [3.63, 3.8) is 0 Å². The molecule has 5 heteroatoms. The van der Waals surface area contributed by atoms with Crippen LogP contribution in [-0.4, -0.2) is 29.9 Å². The molecular weight excluding hydrogens is 148 g/mol. The SMILES string of the molecule is CN(/N=C/CCN)C(N)=S. The molecule has 0 aliphatic heterocycles. The zero-order chi connectivity index (χ0) is 7.98. The van der Waals surface area contributed by atoms with Gasteiger partial charge in [0, 0.05) is 13.3 Å². The summed E-state index contributed by atoms with van der Waals surface area (Å²) >= 11 is 4.63. The lowest BCUT2D eigenvalue weighted by molar-refractivity contribution is 0.550. The third-order valence-electron chi connectivity index (χ3n) is 0.870. The molecule has 0 saturated carbocycles. The molecule has 58 valence electrons. The molecule has 0 aromatic carbocycles. The summed E-state index contributed by atoms with van der Waals surface area (Å²) in [6.45, 7) is 0.592. The molecule has 0 radical (unpaired) electrons. The van der Waals surface area contributed by atoms with Crippen LogP contribution in [-0.2, 0) is 0 Å². The van der Waals surface area contributed by atoms with Gasteiger partial charge in [-0.25, -0.2) is 5.01 Å². The molecule has 0 atom stereocenters. The van der Waals surface area contributed by atoms with E-state index in [2.05, 4.69) is 17.3 Å². The Kier molecular flexibility index (Phi) is 4.78. The molecule has 0 aromatic heterocycles. The van der Waals surface area contributed by atoms with E-state index in [4.69, 9.17) is 11.5 Å². The smallest absolute Gasteiger partial charge is 0.186 e. The van der Waals surface area contributed by atoms with Crippen molar-refractivity contribution in [2.75, 3.05) is 13.6 Å². The van der Waals surface area contributed by atoms with Crippen LogP contribution < -0.4 is 11.5 Å². The molecule has 0 saturated heterocycles. The largest absolute Gasteiger partial charge is 0.375 e. The van der Waals surface area contributed by atoms with Crippen LogP contribution in [0, 0.1) is 0 Å². The van der Waals surface area contributed by atoms with Crippen molar-refractivity contribution in [3.05, 3.63) is 0 Å². The van der Waals surface area contributed by atoms with E-state index in [1.54, 1.807) is 13.3 Å². The van der Waals surface area contributed by atoms with Crippen LogP contribution in [0.1, 0.15) is 6.42 Å². The lowest BCUT2D eigenvalue weighted by Crippen LogP contribution is -2.27. The second kappa shape index (κ2) is 5.13. The summed E-state index contributed by atoms with van der Waals surface area (Å²) in [6, 6.07) is 0. The van der Waals surface area contributed by atoms with Gasteiger partial charge in [-0.1, -0.05) is 0 Å². The Morgan fingerprint density at radius 1 is 1.80 bits per heavy atom. The molecule has 0 rings (SSSR count). The Bertz CT molecular complexity index is 134. The maximum Gasteiger partial charge on any atom is 0.186 e. The molecular formula is C5H12N4S. The van der Waals surface area contributed by atoms with Gasteiger partial charge in [0.1, 0.15) is 0 Å². The molecule has 10 heavy (non-hydrogen) atoms. The topological polar surface area (TPSA) is 67.6 Å². The first-order chi connectivity index (χ1) is 4.68. The minimum atomic E-state index is 0.258. The molecule has 4 nitrogen and oxygen atoms in total. The van der Waals surface area contributed by atoms with Crippen LogP contribution in [0.2, 0.25) is 0 Å². The van der Waals surface area contributed by atoms with Gasteiger partial charge in [-0.05, 0) is 25.2 Å². The van der Waals surface area contributed by atoms with Gasteiger partial charge in [0.2, 0.25) is 0 Å². The number of hydrogen-bond donors (Lipinski definition) is 2. The van der Waals surface area contributed by atoms with Crippen molar-refractivity contribution in [3.8, 4) is 0 Å². The second-order valence-electron chi connectivity index (χ2n) is 1.74. The third kappa shape index (κ3) is 4.22. The third-order valence-corrected chi connectivity index (χ3v) is 1.13. The Morgan fingerprint density at radius 2 is 2.40 bits per heavy atom. The summed E-state index contributed by atoms with van der Waals surface area (Å²) in [5.41, 5.74) is 10.4. The lowest BCUT2D eigenvalue weighted by Gasteiger charge is -2.07. The van der Waals surface area contributed by atoms with E-state index < -0.39 is 0 Å². The van der Waals surface area contributed by atoms with Crippen LogP contribution in [0.3, 0.4) is 0 Å². The molecule has 0 spiro atoms. The van der Waals surface area contributed by atoms with Gasteiger partial charge in [0.05, 0.1) is 0 Å². The first-order valence-corrected chi connectivity index (χ1v) is 3.35. The van der Waals surface area contributed by atoms with Crippen LogP contribution in [0.15, 0.2) is 5.10 Å². The molecule has 0 unspecified atom stereocenters. The van der Waals surface area contributed by atoms with E-state index in [1.807, 2.05) is 0 Å². The summed E-state index contributed by atoms with van der Waals surface area (Å²) < 4.78 is 0. The Labute approximate surface area is 65.9 Å². The van der Waals surface area contributed by atoms with Crippen molar-refractivity contribution in [1.29, 1.82) is 0 Å². The number of nitrogens with zero attached hydrogens (tertiary/aromatic N) is 2. The average Bonchev–Trinajstić information content (AvgIpc) is 1.88. The van der Waals surface area contributed by atoms with Crippen molar-refractivity contribution in [2.24, 2.45) is 16.6 Å². The van der Waals surface area contributed by atoms with Gasteiger partial charge in [-0.3, -0.25) is 0 Å². The molecule has 0 aliphatic carbocycles. The van der Waals surface area contributed by atoms with E-state index >= 15 is 0 Å². The molecule has 4 N–H and O–H groups in total. The molecule has 0 amide bonds. The van der Waals surface area contributed by atoms with Crippen LogP contribution in [0.4, 0.5) is 0 Å². The molecule has 0 fully saturated rings. The number of hydrogen-bond acceptors (Lipinski definition) is 3. The Morgan fingerprint density at radius 3 is 2.80 bits per heavy atom. The zero-order valence-corrected chi connectivity index (χ0v) is 6.77. The van der Waals surface area contributed by atoms with Gasteiger partial charge >= 0.3 is 0 Å². The number of hydrazone groups is 1. The van der Waals surface area contributed by atoms with Gasteiger partial charge in [-0.2, -0.15) is 5.10 Å². The van der Waals surface area contributed by atoms with Crippen LogP contribution in [0.5, 0.6) is 0 Å². The number of rotatable bonds is 3. The van der Waals surface area contributed by atoms with Crippen LogP contribution >= 0.6 is 12.2 Å². The van der Waals surface area contributed by atoms with Crippen molar-refractivity contribution in [2.45, 2.75) is 6.42 Å². The normalized spacial score (nSPS) is 10.2. The minimum Gasteiger partial charge on any atom is -0.375 e. The molecule has 0 bridgehead atoms. The van der Waals surface area contributed by atoms with Crippen LogP contribution in [0.25, 0.3) is 0 Å². The summed E-state index contributed by atoms with van der Waals surface area (Å²) in [7, 11) is 1.69. The highest BCUT2D eigenvalue weighted by atomic mass is 32.1. The lowest BCUT2D eigenvalue weighted by atomic mass is 10.5. The predicted octanol–water partition coefficient (Wildman–Crippen LogP) is -0.504. The van der Waals surface area contributed by atoms with Crippen molar-refractivity contribution >= 4 is 23.5 Å². The fraction of sp³-hybridized carbons (Fsp3) is 0.600. The number of nitrogens with two attached hydrogens (primary N) is 2. The standard InChI is InChI=1S/C5H12N4S/c1-9(5(7)10)8-4-2-3-6/h4H,2-3,6H2,1H3,(H2,7,10)/b8-4+. The summed E-state index contributed by atoms with van der Waals surface area (Å²) in [5.74, 6) is 0. The Hall–Kier alpha value is -0.680. The fourth-order valence-corrected chi connectivity index (χ4v) is 0.359. The monoisotopic (exact) mass is 160 g/mol. The summed E-state index contributed by atoms with van der Waals surface area (Å²) in [5, 5.41) is 5.55. The van der Waals surface area contributed by atoms with Gasteiger partial charge in [-0.15, -0.1) is 0 Å². The average molecular weight is 160 g/mol. The quantitative estimate of drug-likeness (QED) is 0.332.